The summed E-state index contributed by atoms with van der Waals surface area (Å²) in [6, 6.07) is 0. The summed E-state index contributed by atoms with van der Waals surface area (Å²) in [6.07, 6.45) is 3.53. The third-order valence-corrected chi connectivity index (χ3v) is 1.51. The van der Waals surface area contributed by atoms with Gasteiger partial charge in [0.05, 0.1) is 0 Å². The summed E-state index contributed by atoms with van der Waals surface area (Å²) in [6.45, 7) is 1.27. The van der Waals surface area contributed by atoms with Gasteiger partial charge in [0.1, 0.15) is 0 Å². The minimum atomic E-state index is -1.52. The lowest BCUT2D eigenvalue weighted by Gasteiger charge is -2.24. The SMILES string of the molecule is CS(C)(O)NCCN. The maximum atomic E-state index is 9.07. The summed E-state index contributed by atoms with van der Waals surface area (Å²) >= 11 is 0. The van der Waals surface area contributed by atoms with Gasteiger partial charge in [-0.2, -0.15) is 0 Å². The van der Waals surface area contributed by atoms with Crippen LogP contribution in [0.25, 0.3) is 0 Å². The summed E-state index contributed by atoms with van der Waals surface area (Å²) in [5.41, 5.74) is 5.18. The number of hydrogen-bond donors (Lipinski definition) is 3. The van der Waals surface area contributed by atoms with Crippen LogP contribution in [0.15, 0.2) is 0 Å². The molecule has 52 valence electrons. The molecule has 0 spiro atoms. The molecule has 0 amide bonds. The van der Waals surface area contributed by atoms with Crippen LogP contribution < -0.4 is 10.5 Å². The van der Waals surface area contributed by atoms with Crippen LogP contribution >= 0.6 is 10.5 Å². The standard InChI is InChI=1S/C4H14N2OS/c1-8(2,7)6-4-3-5/h6-7H,3-5H2,1-2H3. The van der Waals surface area contributed by atoms with E-state index in [9.17, 15) is 0 Å². The number of nitrogens with two attached hydrogens (primary N) is 1. The number of hydrogen-bond acceptors (Lipinski definition) is 3. The van der Waals surface area contributed by atoms with Crippen LogP contribution in [0.3, 0.4) is 0 Å². The van der Waals surface area contributed by atoms with Crippen molar-refractivity contribution in [3.05, 3.63) is 0 Å². The van der Waals surface area contributed by atoms with E-state index < -0.39 is 10.5 Å². The molecular formula is C4H14N2OS. The van der Waals surface area contributed by atoms with Gasteiger partial charge in [-0.25, -0.2) is 0 Å². The summed E-state index contributed by atoms with van der Waals surface area (Å²) in [5.74, 6) is 0. The van der Waals surface area contributed by atoms with Crippen molar-refractivity contribution in [2.75, 3.05) is 25.6 Å². The summed E-state index contributed by atoms with van der Waals surface area (Å²) in [5, 5.41) is 0. The van der Waals surface area contributed by atoms with Crippen LogP contribution in [0.5, 0.6) is 0 Å². The lowest BCUT2D eigenvalue weighted by Crippen LogP contribution is -2.24. The Labute approximate surface area is 51.9 Å². The van der Waals surface area contributed by atoms with E-state index >= 15 is 0 Å². The van der Waals surface area contributed by atoms with Crippen LogP contribution in [0.4, 0.5) is 0 Å². The van der Waals surface area contributed by atoms with E-state index in [0.29, 0.717) is 13.1 Å². The second-order valence-corrected chi connectivity index (χ2v) is 4.79. The van der Waals surface area contributed by atoms with Crippen molar-refractivity contribution in [2.45, 2.75) is 0 Å². The first-order valence-electron chi connectivity index (χ1n) is 2.46. The highest BCUT2D eigenvalue weighted by Gasteiger charge is 2.00. The fourth-order valence-corrected chi connectivity index (χ4v) is 0.926. The van der Waals surface area contributed by atoms with Crippen molar-refractivity contribution in [2.24, 2.45) is 5.73 Å². The van der Waals surface area contributed by atoms with Crippen LogP contribution in [0.1, 0.15) is 0 Å². The highest BCUT2D eigenvalue weighted by molar-refractivity contribution is 8.26. The minimum Gasteiger partial charge on any atom is -0.339 e. The molecule has 0 saturated heterocycles. The third-order valence-electron chi connectivity index (χ3n) is 0.600. The van der Waals surface area contributed by atoms with Gasteiger partial charge in [0.25, 0.3) is 0 Å². The molecule has 3 nitrogen and oxygen atoms in total. The highest BCUT2D eigenvalue weighted by atomic mass is 32.3. The highest BCUT2D eigenvalue weighted by Crippen LogP contribution is 2.26. The maximum absolute atomic E-state index is 9.07. The van der Waals surface area contributed by atoms with E-state index in [2.05, 4.69) is 4.72 Å². The molecule has 0 unspecified atom stereocenters. The van der Waals surface area contributed by atoms with Crippen molar-refractivity contribution in [3.63, 3.8) is 0 Å². The van der Waals surface area contributed by atoms with E-state index in [1.54, 1.807) is 12.5 Å². The Kier molecular flexibility index (Phi) is 3.39. The van der Waals surface area contributed by atoms with Crippen LogP contribution in [-0.2, 0) is 0 Å². The van der Waals surface area contributed by atoms with Crippen LogP contribution in [-0.4, -0.2) is 30.2 Å². The lowest BCUT2D eigenvalue weighted by molar-refractivity contribution is 0.620. The van der Waals surface area contributed by atoms with Crippen LogP contribution in [0, 0.1) is 0 Å². The zero-order valence-electron chi connectivity index (χ0n) is 5.35. The maximum Gasteiger partial charge on any atom is 0.0186 e. The quantitative estimate of drug-likeness (QED) is 0.514. The first-order valence-corrected chi connectivity index (χ1v) is 4.87. The van der Waals surface area contributed by atoms with Crippen LogP contribution in [0.2, 0.25) is 0 Å². The summed E-state index contributed by atoms with van der Waals surface area (Å²) in [4.78, 5) is 0. The fourth-order valence-electron chi connectivity index (χ4n) is 0.309. The van der Waals surface area contributed by atoms with Gasteiger partial charge in [0, 0.05) is 13.1 Å². The molecule has 0 aromatic carbocycles. The molecule has 0 radical (unpaired) electrons. The molecular weight excluding hydrogens is 124 g/mol. The van der Waals surface area contributed by atoms with E-state index in [1.165, 1.54) is 0 Å². The first-order chi connectivity index (χ1) is 3.56. The van der Waals surface area contributed by atoms with E-state index in [0.717, 1.165) is 0 Å². The first kappa shape index (κ1) is 8.23. The van der Waals surface area contributed by atoms with Gasteiger partial charge in [0.2, 0.25) is 0 Å². The second kappa shape index (κ2) is 3.29. The van der Waals surface area contributed by atoms with Gasteiger partial charge in [0.15, 0.2) is 0 Å². The predicted octanol–water partition coefficient (Wildman–Crippen LogP) is -0.0131. The van der Waals surface area contributed by atoms with Gasteiger partial charge in [-0.1, -0.05) is 10.5 Å². The molecule has 0 atom stereocenters. The third kappa shape index (κ3) is 6.23. The molecule has 0 aliphatic rings. The summed E-state index contributed by atoms with van der Waals surface area (Å²) < 4.78 is 12.0. The molecule has 0 saturated carbocycles. The average Bonchev–Trinajstić information content (AvgIpc) is 1.59. The Balaban J connectivity index is 3.11. The Hall–Kier alpha value is 0.230. The van der Waals surface area contributed by atoms with Crippen molar-refractivity contribution in [1.29, 1.82) is 0 Å². The molecule has 4 heteroatoms. The Morgan fingerprint density at radius 3 is 2.25 bits per heavy atom. The molecule has 0 aromatic heterocycles. The number of nitrogens with one attached hydrogen (secondary N) is 1. The topological polar surface area (TPSA) is 58.3 Å². The normalized spacial score (nSPS) is 14.0. The molecule has 0 rings (SSSR count). The van der Waals surface area contributed by atoms with Crippen molar-refractivity contribution < 1.29 is 4.55 Å². The van der Waals surface area contributed by atoms with Gasteiger partial charge in [-0.15, -0.1) is 0 Å². The predicted molar refractivity (Wildman–Crippen MR) is 39.1 cm³/mol. The Morgan fingerprint density at radius 1 is 1.62 bits per heavy atom. The van der Waals surface area contributed by atoms with Crippen molar-refractivity contribution in [1.82, 2.24) is 4.72 Å². The molecule has 0 bridgehead atoms. The van der Waals surface area contributed by atoms with Gasteiger partial charge in [-0.3, -0.25) is 4.72 Å². The molecule has 0 heterocycles. The molecule has 0 fully saturated rings. The van der Waals surface area contributed by atoms with Crippen molar-refractivity contribution in [3.8, 4) is 0 Å². The molecule has 4 N–H and O–H groups in total. The minimum absolute atomic E-state index is 0.580. The second-order valence-electron chi connectivity index (χ2n) is 1.96. The van der Waals surface area contributed by atoms with E-state index in [1.807, 2.05) is 0 Å². The van der Waals surface area contributed by atoms with Gasteiger partial charge >= 0.3 is 0 Å². The molecule has 0 aliphatic heterocycles. The smallest absolute Gasteiger partial charge is 0.0186 e. The zero-order valence-corrected chi connectivity index (χ0v) is 6.16. The average molecular weight is 138 g/mol. The van der Waals surface area contributed by atoms with Gasteiger partial charge in [-0.05, 0) is 12.5 Å². The zero-order chi connectivity index (χ0) is 6.62. The molecule has 0 aromatic rings. The van der Waals surface area contributed by atoms with Crippen molar-refractivity contribution >= 4 is 10.5 Å². The molecule has 0 aliphatic carbocycles. The fraction of sp³-hybridized carbons (Fsp3) is 1.00. The number of rotatable bonds is 3. The van der Waals surface area contributed by atoms with E-state index in [-0.39, 0.29) is 0 Å². The Bertz CT molecular complexity index is 61.5. The molecule has 8 heavy (non-hydrogen) atoms. The van der Waals surface area contributed by atoms with Gasteiger partial charge < -0.3 is 10.3 Å². The lowest BCUT2D eigenvalue weighted by atomic mass is 10.7. The Morgan fingerprint density at radius 2 is 2.12 bits per heavy atom. The largest absolute Gasteiger partial charge is 0.339 e. The van der Waals surface area contributed by atoms with E-state index in [4.69, 9.17) is 10.3 Å². The monoisotopic (exact) mass is 138 g/mol. The summed E-state index contributed by atoms with van der Waals surface area (Å²) in [7, 11) is -1.52.